The van der Waals surface area contributed by atoms with Crippen LogP contribution in [0.25, 0.3) is 0 Å². The normalized spacial score (nSPS) is 12.5. The van der Waals surface area contributed by atoms with E-state index in [1.54, 1.807) is 63.4 Å². The Morgan fingerprint density at radius 3 is 2.26 bits per heavy atom. The van der Waals surface area contributed by atoms with Crippen molar-refractivity contribution in [3.05, 3.63) is 95.6 Å². The van der Waals surface area contributed by atoms with Crippen LogP contribution in [-0.2, 0) is 32.1 Å². The molecule has 12 heteroatoms. The Morgan fingerprint density at radius 1 is 0.905 bits per heavy atom. The van der Waals surface area contributed by atoms with Crippen molar-refractivity contribution in [3.63, 3.8) is 0 Å². The zero-order valence-corrected chi connectivity index (χ0v) is 23.6. The zero-order valence-electron chi connectivity index (χ0n) is 23.6. The molecule has 0 spiro atoms. The van der Waals surface area contributed by atoms with Crippen molar-refractivity contribution in [2.75, 3.05) is 32.3 Å². The van der Waals surface area contributed by atoms with Gasteiger partial charge in [0.25, 0.3) is 5.91 Å². The maximum atomic E-state index is 13.0. The fraction of sp³-hybridized carbons (Fsp3) is 0.267. The lowest BCUT2D eigenvalue weighted by Crippen LogP contribution is -2.35. The number of benzene rings is 3. The van der Waals surface area contributed by atoms with Gasteiger partial charge in [-0.2, -0.15) is 13.2 Å². The molecule has 3 aromatic carbocycles. The fourth-order valence-electron chi connectivity index (χ4n) is 3.60. The van der Waals surface area contributed by atoms with Gasteiger partial charge in [-0.25, -0.2) is 0 Å². The van der Waals surface area contributed by atoms with Crippen LogP contribution in [0.2, 0.25) is 0 Å². The molecular weight excluding hydrogens is 553 g/mol. The van der Waals surface area contributed by atoms with Crippen LogP contribution in [0, 0.1) is 0 Å². The Balaban J connectivity index is 1.68. The average Bonchev–Trinajstić information content (AvgIpc) is 2.99. The van der Waals surface area contributed by atoms with Crippen molar-refractivity contribution in [1.82, 2.24) is 0 Å². The van der Waals surface area contributed by atoms with Crippen molar-refractivity contribution in [2.45, 2.75) is 26.6 Å². The smallest absolute Gasteiger partial charge is 0.416 e. The second-order valence-electron chi connectivity index (χ2n) is 8.74. The van der Waals surface area contributed by atoms with Gasteiger partial charge in [-0.05, 0) is 67.9 Å². The van der Waals surface area contributed by atoms with Gasteiger partial charge in [0.1, 0.15) is 37.5 Å². The molecule has 0 radical (unpaired) electrons. The zero-order chi connectivity index (χ0) is 30.5. The first kappa shape index (κ1) is 31.7. The quantitative estimate of drug-likeness (QED) is 0.179. The summed E-state index contributed by atoms with van der Waals surface area (Å²) in [5.74, 6) is 0.0130. The Morgan fingerprint density at radius 2 is 1.62 bits per heavy atom. The molecule has 0 saturated heterocycles. The van der Waals surface area contributed by atoms with Crippen LogP contribution < -0.4 is 9.64 Å². The second-order valence-corrected chi connectivity index (χ2v) is 8.74. The van der Waals surface area contributed by atoms with Gasteiger partial charge in [0.05, 0.1) is 5.56 Å². The summed E-state index contributed by atoms with van der Waals surface area (Å²) >= 11 is 0. The minimum Gasteiger partial charge on any atom is -0.489 e. The molecule has 0 aliphatic carbocycles. The first-order valence-corrected chi connectivity index (χ1v) is 12.8. The van der Waals surface area contributed by atoms with E-state index >= 15 is 0 Å². The molecule has 0 fully saturated rings. The van der Waals surface area contributed by atoms with Gasteiger partial charge in [-0.3, -0.25) is 4.79 Å². The predicted octanol–water partition coefficient (Wildman–Crippen LogP) is 6.08. The number of para-hydroxylation sites is 1. The molecule has 9 nitrogen and oxygen atoms in total. The first-order chi connectivity index (χ1) is 20.1. The summed E-state index contributed by atoms with van der Waals surface area (Å²) < 4.78 is 44.6. The van der Waals surface area contributed by atoms with Crippen LogP contribution >= 0.6 is 0 Å². The van der Waals surface area contributed by atoms with E-state index in [0.29, 0.717) is 40.6 Å². The molecule has 1 amide bonds. The number of hydrogen-bond donors (Lipinski definition) is 0. The third kappa shape index (κ3) is 9.08. The number of alkyl halides is 3. The lowest BCUT2D eigenvalue weighted by molar-refractivity contribution is -0.137. The standard InChI is InChI=1S/C30H31F3N4O5/c1-5-41-36-28(21(2)34-42-20-27(35-39-4)29(38)37(3)25-12-7-6-8-13-25)23-14-16-26(17-15-23)40-19-22-10-9-11-24(18-22)30(31,32)33/h6-18H,5,19-20H2,1-4H3/b34-21?,35-27?,36-28-. The summed E-state index contributed by atoms with van der Waals surface area (Å²) in [5.41, 5.74) is 1.63. The minimum atomic E-state index is -4.43. The van der Waals surface area contributed by atoms with Crippen LogP contribution in [0.15, 0.2) is 94.3 Å². The van der Waals surface area contributed by atoms with Gasteiger partial charge in [0, 0.05) is 18.3 Å². The lowest BCUT2D eigenvalue weighted by atomic mass is 10.1. The van der Waals surface area contributed by atoms with Gasteiger partial charge in [-0.1, -0.05) is 45.8 Å². The van der Waals surface area contributed by atoms with Crippen LogP contribution in [0.1, 0.15) is 30.5 Å². The Bertz CT molecular complexity index is 1410. The number of oxime groups is 3. The number of anilines is 1. The maximum Gasteiger partial charge on any atom is 0.416 e. The van der Waals surface area contributed by atoms with Gasteiger partial charge >= 0.3 is 6.18 Å². The van der Waals surface area contributed by atoms with E-state index < -0.39 is 17.6 Å². The molecule has 3 aromatic rings. The number of carbonyl (C=O) groups excluding carboxylic acids is 1. The summed E-state index contributed by atoms with van der Waals surface area (Å²) in [4.78, 5) is 29.8. The first-order valence-electron chi connectivity index (χ1n) is 12.8. The minimum absolute atomic E-state index is 0.00836. The monoisotopic (exact) mass is 584 g/mol. The van der Waals surface area contributed by atoms with Crippen molar-refractivity contribution in [2.24, 2.45) is 15.5 Å². The van der Waals surface area contributed by atoms with Crippen LogP contribution in [0.4, 0.5) is 18.9 Å². The number of carbonyl (C=O) groups is 1. The number of ether oxygens (including phenoxy) is 1. The van der Waals surface area contributed by atoms with Crippen molar-refractivity contribution < 1.29 is 37.2 Å². The van der Waals surface area contributed by atoms with Gasteiger partial charge < -0.3 is 24.1 Å². The number of nitrogens with zero attached hydrogens (tertiary/aromatic N) is 4. The van der Waals surface area contributed by atoms with Crippen LogP contribution in [0.5, 0.6) is 5.75 Å². The number of halogens is 3. The number of hydrogen-bond acceptors (Lipinski definition) is 8. The van der Waals surface area contributed by atoms with E-state index in [4.69, 9.17) is 19.2 Å². The molecule has 42 heavy (non-hydrogen) atoms. The summed E-state index contributed by atoms with van der Waals surface area (Å²) in [6.45, 7) is 3.42. The highest BCUT2D eigenvalue weighted by Crippen LogP contribution is 2.29. The van der Waals surface area contributed by atoms with E-state index in [-0.39, 0.29) is 18.9 Å². The van der Waals surface area contributed by atoms with Crippen molar-refractivity contribution in [3.8, 4) is 5.75 Å². The lowest BCUT2D eigenvalue weighted by Gasteiger charge is -2.17. The molecule has 222 valence electrons. The van der Waals surface area contributed by atoms with Crippen LogP contribution in [0.3, 0.4) is 0 Å². The molecule has 0 N–H and O–H groups in total. The average molecular weight is 585 g/mol. The SMILES string of the molecule is CCO/N=C(/C(C)=NOCC(=NOC)C(=O)N(C)c1ccccc1)c1ccc(OCc2cccc(C(F)(F)F)c2)cc1. The highest BCUT2D eigenvalue weighted by molar-refractivity contribution is 6.47. The molecular formula is C30H31F3N4O5. The highest BCUT2D eigenvalue weighted by Gasteiger charge is 2.30. The predicted molar refractivity (Wildman–Crippen MR) is 154 cm³/mol. The third-order valence-electron chi connectivity index (χ3n) is 5.71. The Hall–Kier alpha value is -4.87. The van der Waals surface area contributed by atoms with Gasteiger partial charge in [-0.15, -0.1) is 0 Å². The molecule has 0 heterocycles. The summed E-state index contributed by atoms with van der Waals surface area (Å²) in [6, 6.07) is 20.7. The third-order valence-corrected chi connectivity index (χ3v) is 5.71. The molecule has 0 aliphatic heterocycles. The number of rotatable bonds is 13. The summed E-state index contributed by atoms with van der Waals surface area (Å²) in [7, 11) is 2.93. The van der Waals surface area contributed by atoms with Crippen LogP contribution in [-0.4, -0.2) is 50.4 Å². The molecule has 0 aromatic heterocycles. The largest absolute Gasteiger partial charge is 0.489 e. The number of amides is 1. The maximum absolute atomic E-state index is 13.0. The van der Waals surface area contributed by atoms with Gasteiger partial charge in [0.15, 0.2) is 12.3 Å². The van der Waals surface area contributed by atoms with Crippen molar-refractivity contribution in [1.29, 1.82) is 0 Å². The molecule has 0 unspecified atom stereocenters. The van der Waals surface area contributed by atoms with E-state index in [2.05, 4.69) is 15.5 Å². The molecule has 0 saturated carbocycles. The second kappa shape index (κ2) is 15.2. The topological polar surface area (TPSA) is 94.3 Å². The Labute approximate surface area is 241 Å². The van der Waals surface area contributed by atoms with Gasteiger partial charge in [0.2, 0.25) is 0 Å². The summed E-state index contributed by atoms with van der Waals surface area (Å²) in [5, 5.41) is 12.0. The molecule has 3 rings (SSSR count). The highest BCUT2D eigenvalue weighted by atomic mass is 19.4. The van der Waals surface area contributed by atoms with Crippen molar-refractivity contribution >= 4 is 28.7 Å². The fourth-order valence-corrected chi connectivity index (χ4v) is 3.60. The molecule has 0 bridgehead atoms. The molecule has 0 atom stereocenters. The van der Waals surface area contributed by atoms with E-state index in [1.807, 2.05) is 18.2 Å². The Kier molecular flexibility index (Phi) is 11.5. The molecule has 0 aliphatic rings. The van der Waals surface area contributed by atoms with E-state index in [9.17, 15) is 18.0 Å². The van der Waals surface area contributed by atoms with E-state index in [1.165, 1.54) is 18.1 Å². The van der Waals surface area contributed by atoms with E-state index in [0.717, 1.165) is 12.1 Å². The summed E-state index contributed by atoms with van der Waals surface area (Å²) in [6.07, 6.45) is -4.43.